The maximum atomic E-state index is 13.2. The van der Waals surface area contributed by atoms with Crippen molar-refractivity contribution in [2.75, 3.05) is 14.2 Å². The van der Waals surface area contributed by atoms with Crippen LogP contribution < -0.4 is 9.47 Å². The van der Waals surface area contributed by atoms with Crippen LogP contribution in [0.2, 0.25) is 0 Å². The first kappa shape index (κ1) is 22.9. The maximum absolute atomic E-state index is 13.2. The standard InChI is InChI=1S/C25H32O6/c1-24(2)10-17(26)22(18(27)11-24)21(14-7-15(30-5)9-16(8-14)31-6)23-19(28)12-25(3,4)13-20(23)29/h7-9,21,26,28H,10-13H2,1-6H3. The zero-order valence-corrected chi connectivity index (χ0v) is 19.2. The number of aliphatic hydroxyl groups is 2. The number of aliphatic hydroxyl groups excluding tert-OH is 2. The normalized spacial score (nSPS) is 21.0. The van der Waals surface area contributed by atoms with Crippen molar-refractivity contribution in [3.05, 3.63) is 46.4 Å². The summed E-state index contributed by atoms with van der Waals surface area (Å²) in [5.41, 5.74) is 0.140. The summed E-state index contributed by atoms with van der Waals surface area (Å²) in [7, 11) is 3.03. The summed E-state index contributed by atoms with van der Waals surface area (Å²) in [4.78, 5) is 26.5. The molecule has 168 valence electrons. The summed E-state index contributed by atoms with van der Waals surface area (Å²) in [5, 5.41) is 21.9. The van der Waals surface area contributed by atoms with Crippen molar-refractivity contribution in [1.82, 2.24) is 0 Å². The molecule has 0 atom stereocenters. The summed E-state index contributed by atoms with van der Waals surface area (Å²) < 4.78 is 10.8. The zero-order valence-electron chi connectivity index (χ0n) is 19.2. The van der Waals surface area contributed by atoms with Crippen molar-refractivity contribution in [3.63, 3.8) is 0 Å². The second-order valence-corrected chi connectivity index (χ2v) is 10.2. The summed E-state index contributed by atoms with van der Waals surface area (Å²) >= 11 is 0. The van der Waals surface area contributed by atoms with Crippen molar-refractivity contribution in [1.29, 1.82) is 0 Å². The SMILES string of the molecule is COc1cc(OC)cc(C(C2=C(O)CC(C)(C)CC2=O)C2=C(O)CC(C)(C)CC2=O)c1. The van der Waals surface area contributed by atoms with E-state index in [4.69, 9.17) is 9.47 Å². The van der Waals surface area contributed by atoms with Crippen molar-refractivity contribution >= 4 is 11.6 Å². The van der Waals surface area contributed by atoms with Gasteiger partial charge in [0, 0.05) is 48.8 Å². The second kappa shape index (κ2) is 8.06. The molecule has 0 aliphatic heterocycles. The van der Waals surface area contributed by atoms with Crippen molar-refractivity contribution in [2.45, 2.75) is 59.3 Å². The first-order chi connectivity index (χ1) is 14.4. The quantitative estimate of drug-likeness (QED) is 0.670. The molecule has 6 heteroatoms. The Hall–Kier alpha value is -2.76. The van der Waals surface area contributed by atoms with E-state index in [2.05, 4.69) is 0 Å². The second-order valence-electron chi connectivity index (χ2n) is 10.2. The fraction of sp³-hybridized carbons (Fsp3) is 0.520. The molecule has 0 saturated carbocycles. The van der Waals surface area contributed by atoms with Crippen LogP contribution in [-0.4, -0.2) is 36.0 Å². The van der Waals surface area contributed by atoms with E-state index < -0.39 is 5.92 Å². The highest BCUT2D eigenvalue weighted by atomic mass is 16.5. The van der Waals surface area contributed by atoms with Crippen LogP contribution in [0.15, 0.2) is 40.9 Å². The van der Waals surface area contributed by atoms with E-state index in [-0.39, 0.29) is 57.9 Å². The van der Waals surface area contributed by atoms with Gasteiger partial charge in [-0.3, -0.25) is 9.59 Å². The molecule has 0 unspecified atom stereocenters. The maximum Gasteiger partial charge on any atom is 0.163 e. The van der Waals surface area contributed by atoms with Crippen LogP contribution in [0.25, 0.3) is 0 Å². The molecule has 0 radical (unpaired) electrons. The third kappa shape index (κ3) is 4.63. The Morgan fingerprint density at radius 1 is 0.742 bits per heavy atom. The van der Waals surface area contributed by atoms with Crippen LogP contribution in [0, 0.1) is 10.8 Å². The fourth-order valence-electron chi connectivity index (χ4n) is 4.73. The summed E-state index contributed by atoms with van der Waals surface area (Å²) in [5.74, 6) is -0.427. The molecule has 0 saturated heterocycles. The van der Waals surface area contributed by atoms with E-state index in [1.54, 1.807) is 18.2 Å². The lowest BCUT2D eigenvalue weighted by Crippen LogP contribution is -2.33. The molecule has 0 bridgehead atoms. The lowest BCUT2D eigenvalue weighted by Gasteiger charge is -2.36. The van der Waals surface area contributed by atoms with Gasteiger partial charge in [0.05, 0.1) is 14.2 Å². The molecule has 0 aromatic heterocycles. The van der Waals surface area contributed by atoms with Gasteiger partial charge in [-0.1, -0.05) is 27.7 Å². The van der Waals surface area contributed by atoms with Gasteiger partial charge in [-0.25, -0.2) is 0 Å². The molecule has 3 rings (SSSR count). The molecule has 0 heterocycles. The Bertz CT molecular complexity index is 905. The van der Waals surface area contributed by atoms with E-state index >= 15 is 0 Å². The van der Waals surface area contributed by atoms with Crippen LogP contribution in [0.1, 0.15) is 64.9 Å². The van der Waals surface area contributed by atoms with Crippen molar-refractivity contribution in [2.24, 2.45) is 10.8 Å². The average Bonchev–Trinajstić information content (AvgIpc) is 2.63. The molecule has 1 aromatic carbocycles. The van der Waals surface area contributed by atoms with E-state index in [9.17, 15) is 19.8 Å². The Balaban J connectivity index is 2.29. The third-order valence-corrected chi connectivity index (χ3v) is 6.08. The number of benzene rings is 1. The minimum Gasteiger partial charge on any atom is -0.512 e. The lowest BCUT2D eigenvalue weighted by molar-refractivity contribution is -0.119. The Morgan fingerprint density at radius 2 is 1.13 bits per heavy atom. The van der Waals surface area contributed by atoms with Crippen LogP contribution in [0.3, 0.4) is 0 Å². The van der Waals surface area contributed by atoms with E-state index in [1.165, 1.54) is 14.2 Å². The minimum atomic E-state index is -0.892. The van der Waals surface area contributed by atoms with Crippen LogP contribution in [-0.2, 0) is 9.59 Å². The molecule has 0 spiro atoms. The summed E-state index contributed by atoms with van der Waals surface area (Å²) in [6.45, 7) is 7.69. The first-order valence-electron chi connectivity index (χ1n) is 10.5. The number of methoxy groups -OCH3 is 2. The Labute approximate surface area is 183 Å². The molecule has 2 aliphatic carbocycles. The number of hydrogen-bond acceptors (Lipinski definition) is 6. The topological polar surface area (TPSA) is 93.1 Å². The lowest BCUT2D eigenvalue weighted by atomic mass is 9.67. The molecular formula is C25H32O6. The third-order valence-electron chi connectivity index (χ3n) is 6.08. The highest BCUT2D eigenvalue weighted by molar-refractivity contribution is 6.05. The van der Waals surface area contributed by atoms with Gasteiger partial charge in [-0.15, -0.1) is 0 Å². The predicted octanol–water partition coefficient (Wildman–Crippen LogP) is 5.19. The average molecular weight is 429 g/mol. The number of rotatable bonds is 5. The van der Waals surface area contributed by atoms with Gasteiger partial charge in [-0.05, 0) is 28.5 Å². The van der Waals surface area contributed by atoms with Gasteiger partial charge >= 0.3 is 0 Å². The highest BCUT2D eigenvalue weighted by Gasteiger charge is 2.43. The number of carbonyl (C=O) groups is 2. The predicted molar refractivity (Wildman–Crippen MR) is 118 cm³/mol. The minimum absolute atomic E-state index is 0.0361. The van der Waals surface area contributed by atoms with Gasteiger partial charge in [0.1, 0.15) is 23.0 Å². The van der Waals surface area contributed by atoms with Crippen molar-refractivity contribution in [3.8, 4) is 11.5 Å². The fourth-order valence-corrected chi connectivity index (χ4v) is 4.73. The number of Topliss-reactive ketones (excluding diaryl/α,β-unsaturated/α-hetero) is 2. The Kier molecular flexibility index (Phi) is 5.96. The smallest absolute Gasteiger partial charge is 0.163 e. The number of allylic oxidation sites excluding steroid dienone is 4. The van der Waals surface area contributed by atoms with Crippen molar-refractivity contribution < 1.29 is 29.3 Å². The molecule has 31 heavy (non-hydrogen) atoms. The van der Waals surface area contributed by atoms with Crippen LogP contribution in [0.4, 0.5) is 0 Å². The van der Waals surface area contributed by atoms with E-state index in [1.807, 2.05) is 27.7 Å². The number of ether oxygens (including phenoxy) is 2. The number of ketones is 2. The van der Waals surface area contributed by atoms with Gasteiger partial charge in [0.2, 0.25) is 0 Å². The Morgan fingerprint density at radius 3 is 1.45 bits per heavy atom. The molecule has 1 aromatic rings. The summed E-state index contributed by atoms with van der Waals surface area (Å²) in [6.07, 6.45) is 1.13. The molecule has 6 nitrogen and oxygen atoms in total. The summed E-state index contributed by atoms with van der Waals surface area (Å²) in [6, 6.07) is 5.13. The highest BCUT2D eigenvalue weighted by Crippen LogP contribution is 2.48. The number of hydrogen-bond donors (Lipinski definition) is 2. The number of carbonyl (C=O) groups excluding carboxylic acids is 2. The molecule has 0 fully saturated rings. The van der Waals surface area contributed by atoms with E-state index in [0.717, 1.165) is 0 Å². The van der Waals surface area contributed by atoms with E-state index in [0.29, 0.717) is 29.9 Å². The van der Waals surface area contributed by atoms with Gasteiger partial charge < -0.3 is 19.7 Å². The monoisotopic (exact) mass is 428 g/mol. The molecule has 2 N–H and O–H groups in total. The van der Waals surface area contributed by atoms with Crippen LogP contribution >= 0.6 is 0 Å². The van der Waals surface area contributed by atoms with Gasteiger partial charge in [-0.2, -0.15) is 0 Å². The van der Waals surface area contributed by atoms with Gasteiger partial charge in [0.15, 0.2) is 11.6 Å². The largest absolute Gasteiger partial charge is 0.512 e. The molecular weight excluding hydrogens is 396 g/mol. The molecule has 2 aliphatic rings. The first-order valence-corrected chi connectivity index (χ1v) is 10.5. The van der Waals surface area contributed by atoms with Gasteiger partial charge in [0.25, 0.3) is 0 Å². The zero-order chi connectivity index (χ0) is 23.1. The van der Waals surface area contributed by atoms with Crippen LogP contribution in [0.5, 0.6) is 11.5 Å². The molecule has 0 amide bonds.